The molecule has 0 amide bonds. The topological polar surface area (TPSA) is 35.9 Å². The third-order valence-electron chi connectivity index (χ3n) is 5.45. The summed E-state index contributed by atoms with van der Waals surface area (Å²) in [6.45, 7) is 9.39. The molecule has 0 aliphatic carbocycles. The molecule has 4 nitrogen and oxygen atoms in total. The minimum Gasteiger partial charge on any atom is -0.396 e. The zero-order valence-corrected chi connectivity index (χ0v) is 15.0. The van der Waals surface area contributed by atoms with E-state index < -0.39 is 0 Å². The SMILES string of the molecule is CCCN(CC1(CO)COC1)C1CCCN(Cc2ccccc2)C1. The summed E-state index contributed by atoms with van der Waals surface area (Å²) in [6, 6.07) is 11.4. The molecule has 0 radical (unpaired) electrons. The lowest BCUT2D eigenvalue weighted by Gasteiger charge is -2.47. The highest BCUT2D eigenvalue weighted by Gasteiger charge is 2.41. The number of ether oxygens (including phenoxy) is 1. The number of benzene rings is 1. The van der Waals surface area contributed by atoms with Crippen LogP contribution in [0.25, 0.3) is 0 Å². The third kappa shape index (κ3) is 4.37. The van der Waals surface area contributed by atoms with Gasteiger partial charge in [-0.05, 0) is 37.9 Å². The highest BCUT2D eigenvalue weighted by atomic mass is 16.5. The summed E-state index contributed by atoms with van der Waals surface area (Å²) in [5.41, 5.74) is 1.39. The van der Waals surface area contributed by atoms with Crippen molar-refractivity contribution in [3.8, 4) is 0 Å². The van der Waals surface area contributed by atoms with E-state index in [9.17, 15) is 5.11 Å². The molecule has 24 heavy (non-hydrogen) atoms. The molecule has 0 spiro atoms. The van der Waals surface area contributed by atoms with Crippen LogP contribution in [0.3, 0.4) is 0 Å². The van der Waals surface area contributed by atoms with Gasteiger partial charge in [-0.1, -0.05) is 37.3 Å². The molecule has 0 bridgehead atoms. The summed E-state index contributed by atoms with van der Waals surface area (Å²) in [6.07, 6.45) is 3.70. The van der Waals surface area contributed by atoms with Crippen LogP contribution in [0.5, 0.6) is 0 Å². The van der Waals surface area contributed by atoms with Gasteiger partial charge in [-0.15, -0.1) is 0 Å². The largest absolute Gasteiger partial charge is 0.396 e. The average Bonchev–Trinajstić information content (AvgIpc) is 2.58. The molecular formula is C20H32N2O2. The standard InChI is InChI=1S/C20H32N2O2/c1-2-10-22(14-20(15-23)16-24-17-20)19-9-6-11-21(13-19)12-18-7-4-3-5-8-18/h3-5,7-8,19,23H,2,6,9-17H2,1H3. The molecule has 1 atom stereocenters. The second kappa shape index (κ2) is 8.43. The van der Waals surface area contributed by atoms with Gasteiger partial charge in [0.15, 0.2) is 0 Å². The molecule has 1 aromatic rings. The highest BCUT2D eigenvalue weighted by Crippen LogP contribution is 2.30. The van der Waals surface area contributed by atoms with Gasteiger partial charge in [-0.25, -0.2) is 0 Å². The Morgan fingerprint density at radius 3 is 2.71 bits per heavy atom. The first-order valence-electron chi connectivity index (χ1n) is 9.43. The fourth-order valence-corrected chi connectivity index (χ4v) is 4.05. The molecule has 2 fully saturated rings. The van der Waals surface area contributed by atoms with E-state index in [0.29, 0.717) is 19.3 Å². The van der Waals surface area contributed by atoms with Crippen LogP contribution in [-0.2, 0) is 11.3 Å². The quantitative estimate of drug-likeness (QED) is 0.793. The predicted molar refractivity (Wildman–Crippen MR) is 96.9 cm³/mol. The highest BCUT2D eigenvalue weighted by molar-refractivity contribution is 5.14. The summed E-state index contributed by atoms with van der Waals surface area (Å²) in [5.74, 6) is 0. The Hall–Kier alpha value is -0.940. The molecule has 1 aromatic carbocycles. The van der Waals surface area contributed by atoms with Crippen LogP contribution < -0.4 is 0 Å². The van der Waals surface area contributed by atoms with Crippen molar-refractivity contribution in [2.24, 2.45) is 5.41 Å². The number of rotatable bonds is 8. The molecule has 1 N–H and O–H groups in total. The van der Waals surface area contributed by atoms with Crippen molar-refractivity contribution in [2.45, 2.75) is 38.8 Å². The van der Waals surface area contributed by atoms with Gasteiger partial charge < -0.3 is 9.84 Å². The zero-order chi connectivity index (χ0) is 16.8. The Morgan fingerprint density at radius 1 is 1.29 bits per heavy atom. The van der Waals surface area contributed by atoms with Crippen molar-refractivity contribution in [3.63, 3.8) is 0 Å². The van der Waals surface area contributed by atoms with Crippen molar-refractivity contribution >= 4 is 0 Å². The third-order valence-corrected chi connectivity index (χ3v) is 5.45. The van der Waals surface area contributed by atoms with E-state index in [4.69, 9.17) is 4.74 Å². The first-order valence-corrected chi connectivity index (χ1v) is 9.43. The van der Waals surface area contributed by atoms with Gasteiger partial charge in [-0.3, -0.25) is 9.80 Å². The van der Waals surface area contributed by atoms with E-state index in [1.165, 1.54) is 24.9 Å². The van der Waals surface area contributed by atoms with Crippen molar-refractivity contribution < 1.29 is 9.84 Å². The Morgan fingerprint density at radius 2 is 2.08 bits per heavy atom. The van der Waals surface area contributed by atoms with Gasteiger partial charge in [0.05, 0.1) is 25.2 Å². The Labute approximate surface area is 146 Å². The van der Waals surface area contributed by atoms with E-state index in [-0.39, 0.29) is 12.0 Å². The van der Waals surface area contributed by atoms with Crippen molar-refractivity contribution in [1.82, 2.24) is 9.80 Å². The number of hydrogen-bond donors (Lipinski definition) is 1. The summed E-state index contributed by atoms with van der Waals surface area (Å²) < 4.78 is 5.40. The van der Waals surface area contributed by atoms with Crippen LogP contribution in [0.15, 0.2) is 30.3 Å². The second-order valence-electron chi connectivity index (χ2n) is 7.64. The fourth-order valence-electron chi connectivity index (χ4n) is 4.05. The Kier molecular flexibility index (Phi) is 6.28. The van der Waals surface area contributed by atoms with Crippen molar-refractivity contribution in [1.29, 1.82) is 0 Å². The number of hydrogen-bond acceptors (Lipinski definition) is 4. The molecule has 2 saturated heterocycles. The van der Waals surface area contributed by atoms with Gasteiger partial charge in [0.2, 0.25) is 0 Å². The van der Waals surface area contributed by atoms with Crippen LogP contribution in [-0.4, -0.2) is 66.9 Å². The predicted octanol–water partition coefficient (Wildman–Crippen LogP) is 2.37. The van der Waals surface area contributed by atoms with Gasteiger partial charge in [-0.2, -0.15) is 0 Å². The molecule has 3 rings (SSSR count). The summed E-state index contributed by atoms with van der Waals surface area (Å²) in [4.78, 5) is 5.21. The lowest BCUT2D eigenvalue weighted by molar-refractivity contribution is -0.153. The molecule has 134 valence electrons. The normalized spacial score (nSPS) is 24.0. The van der Waals surface area contributed by atoms with Crippen LogP contribution in [0.2, 0.25) is 0 Å². The maximum absolute atomic E-state index is 9.78. The molecule has 0 aromatic heterocycles. The summed E-state index contributed by atoms with van der Waals surface area (Å²) in [7, 11) is 0. The van der Waals surface area contributed by atoms with Crippen LogP contribution in [0, 0.1) is 5.41 Å². The van der Waals surface area contributed by atoms with E-state index in [2.05, 4.69) is 47.1 Å². The van der Waals surface area contributed by atoms with Gasteiger partial charge in [0, 0.05) is 25.7 Å². The van der Waals surface area contributed by atoms with E-state index in [1.54, 1.807) is 0 Å². The van der Waals surface area contributed by atoms with Crippen molar-refractivity contribution in [2.75, 3.05) is 46.0 Å². The summed E-state index contributed by atoms with van der Waals surface area (Å²) >= 11 is 0. The average molecular weight is 332 g/mol. The number of aliphatic hydroxyl groups is 1. The lowest BCUT2D eigenvalue weighted by Crippen LogP contribution is -2.57. The van der Waals surface area contributed by atoms with Crippen molar-refractivity contribution in [3.05, 3.63) is 35.9 Å². The minimum atomic E-state index is -0.0170. The molecule has 2 aliphatic rings. The van der Waals surface area contributed by atoms with E-state index in [0.717, 1.165) is 32.6 Å². The number of piperidine rings is 1. The minimum absolute atomic E-state index is 0.0170. The zero-order valence-electron chi connectivity index (χ0n) is 15.0. The molecular weight excluding hydrogens is 300 g/mol. The molecule has 2 aliphatic heterocycles. The van der Waals surface area contributed by atoms with Crippen LogP contribution in [0.1, 0.15) is 31.7 Å². The number of likely N-dealkylation sites (tertiary alicyclic amines) is 1. The van der Waals surface area contributed by atoms with Gasteiger partial charge in [0.1, 0.15) is 0 Å². The Bertz CT molecular complexity index is 484. The van der Waals surface area contributed by atoms with Gasteiger partial charge >= 0.3 is 0 Å². The maximum Gasteiger partial charge on any atom is 0.0579 e. The molecule has 1 unspecified atom stereocenters. The maximum atomic E-state index is 9.78. The number of nitrogens with zero attached hydrogens (tertiary/aromatic N) is 2. The smallest absolute Gasteiger partial charge is 0.0579 e. The van der Waals surface area contributed by atoms with Gasteiger partial charge in [0.25, 0.3) is 0 Å². The van der Waals surface area contributed by atoms with E-state index >= 15 is 0 Å². The molecule has 2 heterocycles. The first-order chi connectivity index (χ1) is 11.7. The lowest BCUT2D eigenvalue weighted by atomic mass is 9.85. The van der Waals surface area contributed by atoms with Crippen LogP contribution in [0.4, 0.5) is 0 Å². The fraction of sp³-hybridized carbons (Fsp3) is 0.700. The Balaban J connectivity index is 1.60. The van der Waals surface area contributed by atoms with Crippen LogP contribution >= 0.6 is 0 Å². The first kappa shape index (κ1) is 17.9. The summed E-state index contributed by atoms with van der Waals surface area (Å²) in [5, 5.41) is 9.78. The molecule has 4 heteroatoms. The second-order valence-corrected chi connectivity index (χ2v) is 7.64. The van der Waals surface area contributed by atoms with E-state index in [1.807, 2.05) is 0 Å². The number of aliphatic hydroxyl groups excluding tert-OH is 1. The monoisotopic (exact) mass is 332 g/mol. The molecule has 0 saturated carbocycles.